The van der Waals surface area contributed by atoms with E-state index in [1.807, 2.05) is 13.1 Å². The predicted octanol–water partition coefficient (Wildman–Crippen LogP) is 3.75. The van der Waals surface area contributed by atoms with Crippen LogP contribution in [0.4, 0.5) is 5.82 Å². The number of aryl methyl sites for hydroxylation is 1. The van der Waals surface area contributed by atoms with Crippen molar-refractivity contribution in [2.45, 2.75) is 63.8 Å². The largest absolute Gasteiger partial charge is 0.473 e. The van der Waals surface area contributed by atoms with Crippen LogP contribution in [0.1, 0.15) is 51.1 Å². The maximum atomic E-state index is 11.7. The highest BCUT2D eigenvalue weighted by Crippen LogP contribution is 2.36. The number of pyridine rings is 1. The summed E-state index contributed by atoms with van der Waals surface area (Å²) in [6.45, 7) is 7.00. The number of aromatic nitrogens is 5. The Labute approximate surface area is 233 Å². The van der Waals surface area contributed by atoms with Crippen LogP contribution in [0.3, 0.4) is 0 Å². The fourth-order valence-electron chi connectivity index (χ4n) is 5.98. The molecule has 0 radical (unpaired) electrons. The number of fused-ring (bicyclic) bond motifs is 1. The minimum Gasteiger partial charge on any atom is -0.473 e. The van der Waals surface area contributed by atoms with Gasteiger partial charge in [-0.05, 0) is 45.1 Å². The first-order valence-electron chi connectivity index (χ1n) is 14.2. The lowest BCUT2D eigenvalue weighted by atomic mass is 9.93. The molecule has 1 aliphatic carbocycles. The summed E-state index contributed by atoms with van der Waals surface area (Å²) in [6, 6.07) is 14.1. The molecule has 3 aromatic heterocycles. The lowest BCUT2D eigenvalue weighted by molar-refractivity contribution is -0.0871. The van der Waals surface area contributed by atoms with Crippen LogP contribution in [0.2, 0.25) is 0 Å². The Morgan fingerprint density at radius 3 is 2.50 bits per heavy atom. The molecule has 1 aliphatic heterocycles. The van der Waals surface area contributed by atoms with Gasteiger partial charge in [-0.15, -0.1) is 5.10 Å². The molecule has 40 heavy (non-hydrogen) atoms. The fourth-order valence-corrected chi connectivity index (χ4v) is 5.98. The standard InChI is InChI=1S/C30H37N7O3/c1-4-31-26-15-25-24(16-32-26)29(21-7-5-20(6-8-21)17-36-18-30(2,39)19-36)34-37(25)22-9-11-23(12-10-22)40-27-13-14-28(38)35(3)33-27/h5-8,13-16,22-23,39H,4,9-12,17-19H2,1-3H3,(H,31,32). The highest BCUT2D eigenvalue weighted by atomic mass is 16.5. The number of rotatable bonds is 8. The van der Waals surface area contributed by atoms with Crippen molar-refractivity contribution in [2.75, 3.05) is 25.0 Å². The van der Waals surface area contributed by atoms with E-state index >= 15 is 0 Å². The average Bonchev–Trinajstić information content (AvgIpc) is 3.30. The van der Waals surface area contributed by atoms with Crippen molar-refractivity contribution in [1.29, 1.82) is 0 Å². The molecule has 1 saturated carbocycles. The smallest absolute Gasteiger partial charge is 0.266 e. The molecule has 2 aliphatic rings. The molecule has 0 atom stereocenters. The van der Waals surface area contributed by atoms with Gasteiger partial charge in [0, 0.05) is 68.6 Å². The molecule has 4 aromatic rings. The number of hydrogen-bond donors (Lipinski definition) is 2. The van der Waals surface area contributed by atoms with E-state index in [1.165, 1.54) is 16.3 Å². The van der Waals surface area contributed by atoms with Crippen molar-refractivity contribution < 1.29 is 9.84 Å². The first-order chi connectivity index (χ1) is 19.3. The Hall–Kier alpha value is -3.76. The molecule has 10 nitrogen and oxygen atoms in total. The van der Waals surface area contributed by atoms with E-state index in [1.54, 1.807) is 13.1 Å². The number of aliphatic hydroxyl groups is 1. The second-order valence-corrected chi connectivity index (χ2v) is 11.4. The van der Waals surface area contributed by atoms with Gasteiger partial charge in [-0.1, -0.05) is 24.3 Å². The second kappa shape index (κ2) is 10.7. The highest BCUT2D eigenvalue weighted by Gasteiger charge is 2.36. The molecule has 0 bridgehead atoms. The summed E-state index contributed by atoms with van der Waals surface area (Å²) >= 11 is 0. The zero-order chi connectivity index (χ0) is 27.9. The van der Waals surface area contributed by atoms with Crippen LogP contribution >= 0.6 is 0 Å². The van der Waals surface area contributed by atoms with Crippen molar-refractivity contribution in [2.24, 2.45) is 7.05 Å². The number of nitrogens with one attached hydrogen (secondary N) is 1. The van der Waals surface area contributed by atoms with Crippen LogP contribution in [0, 0.1) is 0 Å². The van der Waals surface area contributed by atoms with Gasteiger partial charge in [0.1, 0.15) is 17.6 Å². The van der Waals surface area contributed by atoms with Crippen molar-refractivity contribution in [3.8, 4) is 17.1 Å². The minimum absolute atomic E-state index is 0.0594. The molecule has 2 N–H and O–H groups in total. The van der Waals surface area contributed by atoms with Crippen molar-refractivity contribution >= 4 is 16.7 Å². The third-order valence-electron chi connectivity index (χ3n) is 7.92. The zero-order valence-electron chi connectivity index (χ0n) is 23.4. The molecule has 6 rings (SSSR count). The number of β-amino-alcohol motifs (C(OH)–C–C–N with tert-alkyl or cyclic N) is 1. The Morgan fingerprint density at radius 1 is 1.07 bits per heavy atom. The van der Waals surface area contributed by atoms with E-state index in [0.717, 1.165) is 66.8 Å². The normalized spacial score (nSPS) is 20.8. The van der Waals surface area contributed by atoms with Gasteiger partial charge in [-0.3, -0.25) is 14.4 Å². The molecular weight excluding hydrogens is 506 g/mol. The van der Waals surface area contributed by atoms with Gasteiger partial charge < -0.3 is 15.2 Å². The second-order valence-electron chi connectivity index (χ2n) is 11.4. The molecule has 0 spiro atoms. The van der Waals surface area contributed by atoms with Crippen LogP contribution < -0.4 is 15.6 Å². The average molecular weight is 544 g/mol. The van der Waals surface area contributed by atoms with Crippen molar-refractivity contribution in [3.05, 3.63) is 64.6 Å². The lowest BCUT2D eigenvalue weighted by Crippen LogP contribution is -2.59. The van der Waals surface area contributed by atoms with Crippen LogP contribution in [-0.2, 0) is 13.6 Å². The van der Waals surface area contributed by atoms with E-state index in [4.69, 9.17) is 9.84 Å². The van der Waals surface area contributed by atoms with Crippen LogP contribution in [-0.4, -0.2) is 65.9 Å². The topological polar surface area (TPSA) is 110 Å². The first-order valence-corrected chi connectivity index (χ1v) is 14.2. The van der Waals surface area contributed by atoms with Crippen molar-refractivity contribution in [1.82, 2.24) is 29.4 Å². The van der Waals surface area contributed by atoms with E-state index in [9.17, 15) is 9.90 Å². The van der Waals surface area contributed by atoms with Gasteiger partial charge in [0.2, 0.25) is 5.88 Å². The summed E-state index contributed by atoms with van der Waals surface area (Å²) in [4.78, 5) is 18.6. The Bertz CT molecular complexity index is 1540. The number of likely N-dealkylation sites (tertiary alicyclic amines) is 1. The van der Waals surface area contributed by atoms with E-state index < -0.39 is 5.60 Å². The van der Waals surface area contributed by atoms with E-state index in [-0.39, 0.29) is 17.7 Å². The third kappa shape index (κ3) is 5.46. The van der Waals surface area contributed by atoms with Gasteiger partial charge in [0.25, 0.3) is 5.56 Å². The number of hydrogen-bond acceptors (Lipinski definition) is 8. The zero-order valence-corrected chi connectivity index (χ0v) is 23.4. The number of ether oxygens (including phenoxy) is 1. The molecule has 0 amide bonds. The molecule has 0 unspecified atom stereocenters. The van der Waals surface area contributed by atoms with Gasteiger partial charge in [-0.2, -0.15) is 5.10 Å². The quantitative estimate of drug-likeness (QED) is 0.346. The van der Waals surface area contributed by atoms with E-state index in [0.29, 0.717) is 19.0 Å². The highest BCUT2D eigenvalue weighted by molar-refractivity contribution is 5.94. The maximum absolute atomic E-state index is 11.7. The Balaban J connectivity index is 1.22. The van der Waals surface area contributed by atoms with Gasteiger partial charge >= 0.3 is 0 Å². The first kappa shape index (κ1) is 26.5. The SMILES string of the molecule is CCNc1cc2c(cn1)c(-c1ccc(CN3CC(C)(O)C3)cc1)nn2C1CCC(Oc2ccc(=O)n(C)n2)CC1. The van der Waals surface area contributed by atoms with Crippen LogP contribution in [0.15, 0.2) is 53.5 Å². The molecule has 1 aromatic carbocycles. The monoisotopic (exact) mass is 543 g/mol. The number of anilines is 1. The lowest BCUT2D eigenvalue weighted by Gasteiger charge is -2.44. The molecule has 4 heterocycles. The van der Waals surface area contributed by atoms with Crippen molar-refractivity contribution in [3.63, 3.8) is 0 Å². The minimum atomic E-state index is -0.562. The predicted molar refractivity (Wildman–Crippen MR) is 154 cm³/mol. The molecule has 1 saturated heterocycles. The summed E-state index contributed by atoms with van der Waals surface area (Å²) in [5, 5.41) is 23.8. The molecule has 2 fully saturated rings. The third-order valence-corrected chi connectivity index (χ3v) is 7.92. The van der Waals surface area contributed by atoms with Gasteiger partial charge in [0.05, 0.1) is 17.2 Å². The number of nitrogens with zero attached hydrogens (tertiary/aromatic N) is 6. The van der Waals surface area contributed by atoms with Gasteiger partial charge in [0.15, 0.2) is 0 Å². The van der Waals surface area contributed by atoms with E-state index in [2.05, 4.69) is 62.2 Å². The van der Waals surface area contributed by atoms with Crippen LogP contribution in [0.25, 0.3) is 22.2 Å². The summed E-state index contributed by atoms with van der Waals surface area (Å²) in [5.41, 5.74) is 3.60. The molecular formula is C30H37N7O3. The Morgan fingerprint density at radius 2 is 1.82 bits per heavy atom. The molecule has 210 valence electrons. The molecule has 10 heteroatoms. The summed E-state index contributed by atoms with van der Waals surface area (Å²) in [7, 11) is 1.63. The van der Waals surface area contributed by atoms with Crippen LogP contribution in [0.5, 0.6) is 5.88 Å². The number of benzene rings is 1. The van der Waals surface area contributed by atoms with Gasteiger partial charge in [-0.25, -0.2) is 9.67 Å². The summed E-state index contributed by atoms with van der Waals surface area (Å²) in [6.07, 6.45) is 5.63. The Kier molecular flexibility index (Phi) is 7.06. The maximum Gasteiger partial charge on any atom is 0.266 e. The summed E-state index contributed by atoms with van der Waals surface area (Å²) < 4.78 is 9.60. The fraction of sp³-hybridized carbons (Fsp3) is 0.467. The summed E-state index contributed by atoms with van der Waals surface area (Å²) in [5.74, 6) is 1.34.